The molecule has 0 aliphatic carbocycles. The average molecular weight is 357 g/mol. The lowest BCUT2D eigenvalue weighted by molar-refractivity contribution is -0.112. The number of aromatic carboxylic acids is 1. The van der Waals surface area contributed by atoms with Crippen molar-refractivity contribution in [1.82, 2.24) is 4.57 Å². The molecule has 2 N–H and O–H groups in total. The van der Waals surface area contributed by atoms with Crippen LogP contribution in [-0.2, 0) is 11.8 Å². The summed E-state index contributed by atoms with van der Waals surface area (Å²) in [6.07, 6.45) is 3.30. The Morgan fingerprint density at radius 2 is 1.78 bits per heavy atom. The van der Waals surface area contributed by atoms with Gasteiger partial charge in [-0.05, 0) is 46.7 Å². The normalized spacial score (nSPS) is 11.0. The largest absolute Gasteiger partial charge is 0.478 e. The van der Waals surface area contributed by atoms with Crippen LogP contribution in [0.15, 0.2) is 66.9 Å². The highest BCUT2D eigenvalue weighted by Gasteiger charge is 2.14. The fourth-order valence-corrected chi connectivity index (χ4v) is 3.26. The van der Waals surface area contributed by atoms with E-state index in [0.717, 1.165) is 21.7 Å². The molecule has 0 spiro atoms. The molecule has 0 bridgehead atoms. The van der Waals surface area contributed by atoms with Gasteiger partial charge in [-0.2, -0.15) is 0 Å². The van der Waals surface area contributed by atoms with Crippen LogP contribution in [0, 0.1) is 6.42 Å². The second kappa shape index (κ2) is 6.61. The molecule has 0 saturated heterocycles. The molecule has 3 aromatic carbocycles. The zero-order chi connectivity index (χ0) is 19.0. The van der Waals surface area contributed by atoms with Crippen LogP contribution in [0.3, 0.4) is 0 Å². The molecule has 1 aromatic heterocycles. The zero-order valence-electron chi connectivity index (χ0n) is 14.6. The summed E-state index contributed by atoms with van der Waals surface area (Å²) in [7, 11) is 1.86. The van der Waals surface area contributed by atoms with E-state index in [9.17, 15) is 14.7 Å². The molecule has 1 radical (unpaired) electrons. The summed E-state index contributed by atoms with van der Waals surface area (Å²) in [4.78, 5) is 23.7. The van der Waals surface area contributed by atoms with Crippen LogP contribution >= 0.6 is 0 Å². The number of benzene rings is 3. The van der Waals surface area contributed by atoms with Crippen LogP contribution in [0.2, 0.25) is 0 Å². The van der Waals surface area contributed by atoms with Gasteiger partial charge in [-0.1, -0.05) is 30.3 Å². The summed E-state index contributed by atoms with van der Waals surface area (Å²) in [5, 5.41) is 15.0. The summed E-state index contributed by atoms with van der Waals surface area (Å²) in [6, 6.07) is 18.6. The van der Waals surface area contributed by atoms with E-state index >= 15 is 0 Å². The minimum Gasteiger partial charge on any atom is -0.478 e. The number of carbonyl (C=O) groups is 2. The Morgan fingerprint density at radius 1 is 1.00 bits per heavy atom. The first-order valence-corrected chi connectivity index (χ1v) is 8.48. The predicted octanol–water partition coefficient (Wildman–Crippen LogP) is 4.22. The van der Waals surface area contributed by atoms with Gasteiger partial charge in [-0.15, -0.1) is 0 Å². The van der Waals surface area contributed by atoms with E-state index in [1.54, 1.807) is 18.2 Å². The Kier molecular flexibility index (Phi) is 4.12. The smallest absolute Gasteiger partial charge is 0.335 e. The third kappa shape index (κ3) is 3.27. The number of amides is 1. The average Bonchev–Trinajstić information content (AvgIpc) is 2.96. The van der Waals surface area contributed by atoms with Gasteiger partial charge in [0, 0.05) is 29.8 Å². The van der Waals surface area contributed by atoms with Gasteiger partial charge in [0.05, 0.1) is 12.0 Å². The summed E-state index contributed by atoms with van der Waals surface area (Å²) in [5.74, 6) is -1.26. The van der Waals surface area contributed by atoms with Gasteiger partial charge in [-0.3, -0.25) is 4.79 Å². The van der Waals surface area contributed by atoms with Crippen molar-refractivity contribution in [2.45, 2.75) is 0 Å². The van der Waals surface area contributed by atoms with Crippen molar-refractivity contribution in [3.05, 3.63) is 84.4 Å². The number of anilines is 1. The van der Waals surface area contributed by atoms with Gasteiger partial charge >= 0.3 is 5.97 Å². The lowest BCUT2D eigenvalue weighted by Gasteiger charge is -2.06. The van der Waals surface area contributed by atoms with Crippen molar-refractivity contribution >= 4 is 39.2 Å². The number of carboxylic acid groups (broad SMARTS) is 1. The lowest BCUT2D eigenvalue weighted by atomic mass is 10.1. The van der Waals surface area contributed by atoms with Crippen molar-refractivity contribution in [3.8, 4) is 0 Å². The van der Waals surface area contributed by atoms with Crippen LogP contribution in [0.1, 0.15) is 15.9 Å². The number of carbonyl (C=O) groups excluding carboxylic acids is 1. The summed E-state index contributed by atoms with van der Waals surface area (Å²) in [5.41, 5.74) is 2.44. The molecule has 5 nitrogen and oxygen atoms in total. The number of aromatic nitrogens is 1. The highest BCUT2D eigenvalue weighted by atomic mass is 16.4. The zero-order valence-corrected chi connectivity index (χ0v) is 14.6. The van der Waals surface area contributed by atoms with E-state index in [4.69, 9.17) is 0 Å². The minimum absolute atomic E-state index is 0.193. The van der Waals surface area contributed by atoms with Crippen LogP contribution in [0.4, 0.5) is 5.69 Å². The van der Waals surface area contributed by atoms with Crippen molar-refractivity contribution in [2.24, 2.45) is 7.05 Å². The molecular weight excluding hydrogens is 340 g/mol. The number of aryl methyl sites for hydroxylation is 1. The quantitative estimate of drug-likeness (QED) is 0.574. The van der Waals surface area contributed by atoms with E-state index in [-0.39, 0.29) is 11.5 Å². The fraction of sp³-hybridized carbons (Fsp3) is 0.0455. The predicted molar refractivity (Wildman–Crippen MR) is 106 cm³/mol. The van der Waals surface area contributed by atoms with E-state index < -0.39 is 5.97 Å². The molecule has 4 aromatic rings. The molecule has 0 saturated carbocycles. The number of nitrogens with zero attached hydrogens (tertiary/aromatic N) is 1. The van der Waals surface area contributed by atoms with Crippen molar-refractivity contribution in [2.75, 3.05) is 5.32 Å². The molecule has 5 heteroatoms. The molecule has 133 valence electrons. The Hall–Kier alpha value is -3.60. The van der Waals surface area contributed by atoms with E-state index in [0.29, 0.717) is 11.3 Å². The molecular formula is C22H17N2O3. The monoisotopic (exact) mass is 357 g/mol. The number of hydrogen-bond acceptors (Lipinski definition) is 2. The van der Waals surface area contributed by atoms with Gasteiger partial charge in [0.25, 0.3) is 0 Å². The van der Waals surface area contributed by atoms with Crippen LogP contribution in [0.5, 0.6) is 0 Å². The lowest BCUT2D eigenvalue weighted by Crippen LogP contribution is -2.12. The van der Waals surface area contributed by atoms with Gasteiger partial charge in [0.2, 0.25) is 5.91 Å². The first-order chi connectivity index (χ1) is 13.0. The summed E-state index contributed by atoms with van der Waals surface area (Å²) < 4.78 is 1.87. The Labute approximate surface area is 155 Å². The molecule has 1 heterocycles. The first-order valence-electron chi connectivity index (χ1n) is 8.48. The summed E-state index contributed by atoms with van der Waals surface area (Å²) >= 11 is 0. The van der Waals surface area contributed by atoms with Crippen molar-refractivity contribution < 1.29 is 14.7 Å². The Bertz CT molecular complexity index is 1190. The molecule has 0 fully saturated rings. The first kappa shape index (κ1) is 16.8. The topological polar surface area (TPSA) is 71.3 Å². The number of fused-ring (bicyclic) bond motifs is 2. The number of carboxylic acids is 1. The molecule has 0 aliphatic rings. The maximum atomic E-state index is 12.5. The molecule has 1 amide bonds. The van der Waals surface area contributed by atoms with E-state index in [1.165, 1.54) is 6.42 Å². The number of hydrogen-bond donors (Lipinski definition) is 2. The fourth-order valence-electron chi connectivity index (χ4n) is 3.26. The Morgan fingerprint density at radius 3 is 2.56 bits per heavy atom. The third-order valence-corrected chi connectivity index (χ3v) is 4.57. The maximum absolute atomic E-state index is 12.5. The third-order valence-electron chi connectivity index (χ3n) is 4.57. The summed E-state index contributed by atoms with van der Waals surface area (Å²) in [6.45, 7) is 0. The molecule has 0 aliphatic heterocycles. The van der Waals surface area contributed by atoms with Gasteiger partial charge in [-0.25, -0.2) is 4.79 Å². The second-order valence-electron chi connectivity index (χ2n) is 6.43. The second-order valence-corrected chi connectivity index (χ2v) is 6.43. The molecule has 0 unspecified atom stereocenters. The van der Waals surface area contributed by atoms with Crippen molar-refractivity contribution in [3.63, 3.8) is 0 Å². The van der Waals surface area contributed by atoms with Gasteiger partial charge in [0.1, 0.15) is 0 Å². The molecule has 27 heavy (non-hydrogen) atoms. The van der Waals surface area contributed by atoms with Gasteiger partial charge < -0.3 is 15.0 Å². The van der Waals surface area contributed by atoms with Crippen LogP contribution < -0.4 is 5.32 Å². The van der Waals surface area contributed by atoms with Crippen LogP contribution in [0.25, 0.3) is 21.7 Å². The Balaban J connectivity index is 1.60. The van der Waals surface area contributed by atoms with E-state index in [1.807, 2.05) is 60.3 Å². The SMILES string of the molecule is Cn1cc([CH]C(=O)Nc2ccc3ccccc3c2)c2cc(C(=O)O)ccc21. The standard InChI is InChI=1S/C22H17N2O3/c1-24-13-17(19-11-16(22(26)27)7-9-20(19)24)12-21(25)23-18-8-6-14-4-2-3-5-15(14)10-18/h2-13H,1H3,(H,23,25)(H,26,27). The molecule has 0 atom stereocenters. The number of nitrogens with one attached hydrogen (secondary N) is 1. The van der Waals surface area contributed by atoms with Crippen molar-refractivity contribution in [1.29, 1.82) is 0 Å². The highest BCUT2D eigenvalue weighted by Crippen LogP contribution is 2.24. The van der Waals surface area contributed by atoms with Crippen LogP contribution in [-0.4, -0.2) is 21.6 Å². The molecule has 4 rings (SSSR count). The highest BCUT2D eigenvalue weighted by molar-refractivity contribution is 6.05. The van der Waals surface area contributed by atoms with E-state index in [2.05, 4.69) is 5.32 Å². The minimum atomic E-state index is -0.993. The maximum Gasteiger partial charge on any atom is 0.335 e. The number of rotatable bonds is 4. The van der Waals surface area contributed by atoms with Gasteiger partial charge in [0.15, 0.2) is 0 Å².